The van der Waals surface area contributed by atoms with Gasteiger partial charge in [0.05, 0.1) is 18.8 Å². The number of nitrogens with one attached hydrogen (secondary N) is 2. The molecule has 160 valence electrons. The van der Waals surface area contributed by atoms with Gasteiger partial charge in [-0.25, -0.2) is 9.98 Å². The topological polar surface area (TPSA) is 63.0 Å². The van der Waals surface area contributed by atoms with Crippen molar-refractivity contribution < 1.29 is 4.74 Å². The standard InChI is InChI=1S/C23H29N5O.HI/c1-2-24-23(25-13-12-20-16-28-14-6-5-9-22(28)27-20)26-15-19-7-3-4-8-21(19)29-17-18-10-11-18;/h3-9,14,16,18H,2,10-13,15,17H2,1H3,(H2,24,25,26);1H. The number of hydrogen-bond donors (Lipinski definition) is 2. The summed E-state index contributed by atoms with van der Waals surface area (Å²) in [5.74, 6) is 2.50. The molecule has 4 rings (SSSR count). The molecule has 0 radical (unpaired) electrons. The highest BCUT2D eigenvalue weighted by molar-refractivity contribution is 14.0. The van der Waals surface area contributed by atoms with Gasteiger partial charge in [-0.05, 0) is 43.9 Å². The number of halogens is 1. The lowest BCUT2D eigenvalue weighted by Crippen LogP contribution is -2.38. The summed E-state index contributed by atoms with van der Waals surface area (Å²) in [6, 6.07) is 14.2. The van der Waals surface area contributed by atoms with E-state index in [1.165, 1.54) is 12.8 Å². The predicted octanol–water partition coefficient (Wildman–Crippen LogP) is 4.04. The zero-order chi connectivity index (χ0) is 19.9. The molecule has 0 unspecified atom stereocenters. The molecule has 0 bridgehead atoms. The van der Waals surface area contributed by atoms with Crippen molar-refractivity contribution >= 4 is 35.6 Å². The summed E-state index contributed by atoms with van der Waals surface area (Å²) < 4.78 is 8.05. The minimum atomic E-state index is 0. The van der Waals surface area contributed by atoms with E-state index < -0.39 is 0 Å². The number of aliphatic imine (C=N–C) groups is 1. The van der Waals surface area contributed by atoms with Crippen LogP contribution in [0.2, 0.25) is 0 Å². The van der Waals surface area contributed by atoms with Gasteiger partial charge in [0.1, 0.15) is 11.4 Å². The Balaban J connectivity index is 0.00000256. The predicted molar refractivity (Wildman–Crippen MR) is 132 cm³/mol. The maximum Gasteiger partial charge on any atom is 0.191 e. The highest BCUT2D eigenvalue weighted by Crippen LogP contribution is 2.30. The lowest BCUT2D eigenvalue weighted by Gasteiger charge is -2.12. The molecule has 2 heterocycles. The van der Waals surface area contributed by atoms with Crippen molar-refractivity contribution in [1.82, 2.24) is 20.0 Å². The number of para-hydroxylation sites is 1. The molecule has 0 spiro atoms. The zero-order valence-corrected chi connectivity index (χ0v) is 19.7. The Hall–Kier alpha value is -2.29. The van der Waals surface area contributed by atoms with Crippen LogP contribution >= 0.6 is 24.0 Å². The minimum Gasteiger partial charge on any atom is -0.493 e. The van der Waals surface area contributed by atoms with E-state index in [9.17, 15) is 0 Å². The summed E-state index contributed by atoms with van der Waals surface area (Å²) in [5, 5.41) is 6.73. The third kappa shape index (κ3) is 6.35. The number of aromatic nitrogens is 2. The summed E-state index contributed by atoms with van der Waals surface area (Å²) in [6.07, 6.45) is 7.53. The number of benzene rings is 1. The monoisotopic (exact) mass is 519 g/mol. The van der Waals surface area contributed by atoms with Crippen molar-refractivity contribution in [1.29, 1.82) is 0 Å². The first kappa shape index (κ1) is 22.4. The maximum atomic E-state index is 6.00. The summed E-state index contributed by atoms with van der Waals surface area (Å²) >= 11 is 0. The molecule has 1 aliphatic rings. The molecule has 0 atom stereocenters. The Labute approximate surface area is 195 Å². The van der Waals surface area contributed by atoms with Crippen LogP contribution in [0.5, 0.6) is 5.75 Å². The summed E-state index contributed by atoms with van der Waals surface area (Å²) in [7, 11) is 0. The van der Waals surface area contributed by atoms with E-state index in [0.29, 0.717) is 6.54 Å². The van der Waals surface area contributed by atoms with Crippen molar-refractivity contribution in [3.8, 4) is 5.75 Å². The van der Waals surface area contributed by atoms with Crippen LogP contribution < -0.4 is 15.4 Å². The Morgan fingerprint density at radius 1 is 1.17 bits per heavy atom. The molecule has 0 amide bonds. The molecule has 0 aliphatic heterocycles. The Morgan fingerprint density at radius 2 is 2.00 bits per heavy atom. The van der Waals surface area contributed by atoms with Gasteiger partial charge >= 0.3 is 0 Å². The quantitative estimate of drug-likeness (QED) is 0.255. The number of nitrogens with zero attached hydrogens (tertiary/aromatic N) is 3. The van der Waals surface area contributed by atoms with Gasteiger partial charge in [0.2, 0.25) is 0 Å². The Kier molecular flexibility index (Phi) is 8.36. The number of fused-ring (bicyclic) bond motifs is 1. The fourth-order valence-electron chi connectivity index (χ4n) is 3.19. The van der Waals surface area contributed by atoms with Crippen LogP contribution in [0.25, 0.3) is 5.65 Å². The van der Waals surface area contributed by atoms with Gasteiger partial charge in [0.25, 0.3) is 0 Å². The van der Waals surface area contributed by atoms with E-state index in [4.69, 9.17) is 9.73 Å². The van der Waals surface area contributed by atoms with E-state index in [0.717, 1.165) is 60.6 Å². The highest BCUT2D eigenvalue weighted by Gasteiger charge is 2.22. The molecular weight excluding hydrogens is 489 g/mol. The van der Waals surface area contributed by atoms with Crippen LogP contribution in [0.15, 0.2) is 59.9 Å². The van der Waals surface area contributed by atoms with Crippen LogP contribution in [0.1, 0.15) is 31.0 Å². The second kappa shape index (κ2) is 11.2. The fourth-order valence-corrected chi connectivity index (χ4v) is 3.19. The van der Waals surface area contributed by atoms with Gasteiger partial charge in [0.15, 0.2) is 5.96 Å². The van der Waals surface area contributed by atoms with E-state index in [2.05, 4.69) is 34.8 Å². The first-order valence-electron chi connectivity index (χ1n) is 10.5. The van der Waals surface area contributed by atoms with Crippen molar-refractivity contribution in [2.75, 3.05) is 19.7 Å². The molecule has 1 aromatic carbocycles. The van der Waals surface area contributed by atoms with Gasteiger partial charge < -0.3 is 19.8 Å². The summed E-state index contributed by atoms with van der Waals surface area (Å²) in [6.45, 7) is 5.07. The molecule has 0 saturated heterocycles. The number of pyridine rings is 1. The third-order valence-electron chi connectivity index (χ3n) is 4.98. The minimum absolute atomic E-state index is 0. The van der Waals surface area contributed by atoms with Gasteiger partial charge in [0, 0.05) is 37.5 Å². The number of imidazole rings is 1. The number of ether oxygens (including phenoxy) is 1. The SMILES string of the molecule is CCNC(=NCc1ccccc1OCC1CC1)NCCc1cn2ccccc2n1.I. The normalized spacial score (nSPS) is 13.7. The molecule has 6 nitrogen and oxygen atoms in total. The Morgan fingerprint density at radius 3 is 2.80 bits per heavy atom. The van der Waals surface area contributed by atoms with Crippen LogP contribution in [0.3, 0.4) is 0 Å². The van der Waals surface area contributed by atoms with Gasteiger partial charge in [-0.3, -0.25) is 0 Å². The zero-order valence-electron chi connectivity index (χ0n) is 17.4. The van der Waals surface area contributed by atoms with Crippen molar-refractivity contribution in [2.45, 2.75) is 32.7 Å². The average Bonchev–Trinajstić information content (AvgIpc) is 3.48. The fraction of sp³-hybridized carbons (Fsp3) is 0.391. The molecule has 1 fully saturated rings. The second-order valence-corrected chi connectivity index (χ2v) is 7.43. The lowest BCUT2D eigenvalue weighted by molar-refractivity contribution is 0.297. The van der Waals surface area contributed by atoms with Crippen molar-refractivity contribution in [2.24, 2.45) is 10.9 Å². The van der Waals surface area contributed by atoms with Crippen molar-refractivity contribution in [3.63, 3.8) is 0 Å². The number of guanidine groups is 1. The van der Waals surface area contributed by atoms with E-state index in [1.807, 2.05) is 47.0 Å². The second-order valence-electron chi connectivity index (χ2n) is 7.43. The molecule has 1 aliphatic carbocycles. The third-order valence-corrected chi connectivity index (χ3v) is 4.98. The van der Waals surface area contributed by atoms with Crippen LogP contribution in [0, 0.1) is 5.92 Å². The molecule has 1 saturated carbocycles. The van der Waals surface area contributed by atoms with Gasteiger partial charge in [-0.2, -0.15) is 0 Å². The molecule has 2 N–H and O–H groups in total. The van der Waals surface area contributed by atoms with Gasteiger partial charge in [-0.1, -0.05) is 24.3 Å². The molecule has 3 aromatic rings. The molecule has 30 heavy (non-hydrogen) atoms. The lowest BCUT2D eigenvalue weighted by atomic mass is 10.2. The summed E-state index contributed by atoms with van der Waals surface area (Å²) in [5.41, 5.74) is 3.16. The number of hydrogen-bond acceptors (Lipinski definition) is 3. The average molecular weight is 519 g/mol. The molecular formula is C23H30IN5O. The van der Waals surface area contributed by atoms with Crippen LogP contribution in [0.4, 0.5) is 0 Å². The first-order chi connectivity index (χ1) is 14.3. The van der Waals surface area contributed by atoms with E-state index >= 15 is 0 Å². The Bertz CT molecular complexity index is 934. The van der Waals surface area contributed by atoms with Crippen LogP contribution in [-0.4, -0.2) is 35.0 Å². The highest BCUT2D eigenvalue weighted by atomic mass is 127. The number of rotatable bonds is 9. The van der Waals surface area contributed by atoms with E-state index in [1.54, 1.807) is 0 Å². The molecule has 7 heteroatoms. The van der Waals surface area contributed by atoms with Crippen molar-refractivity contribution in [3.05, 3.63) is 66.1 Å². The largest absolute Gasteiger partial charge is 0.493 e. The maximum absolute atomic E-state index is 6.00. The smallest absolute Gasteiger partial charge is 0.191 e. The first-order valence-corrected chi connectivity index (χ1v) is 10.5. The summed E-state index contributed by atoms with van der Waals surface area (Å²) in [4.78, 5) is 9.40. The van der Waals surface area contributed by atoms with Gasteiger partial charge in [-0.15, -0.1) is 24.0 Å². The van der Waals surface area contributed by atoms with E-state index in [-0.39, 0.29) is 24.0 Å². The molecule has 2 aromatic heterocycles. The van der Waals surface area contributed by atoms with Crippen LogP contribution in [-0.2, 0) is 13.0 Å².